The molecule has 0 bridgehead atoms. The summed E-state index contributed by atoms with van der Waals surface area (Å²) in [7, 11) is 0. The van der Waals surface area contributed by atoms with Crippen LogP contribution in [0, 0.1) is 5.92 Å². The molecule has 7 heteroatoms. The van der Waals surface area contributed by atoms with E-state index in [1.165, 1.54) is 76.2 Å². The average Bonchev–Trinajstić information content (AvgIpc) is 3.07. The first-order valence-corrected chi connectivity index (χ1v) is 18.8. The summed E-state index contributed by atoms with van der Waals surface area (Å²) in [5, 5.41) is 4.62. The topological polar surface area (TPSA) is 87.7 Å². The van der Waals surface area contributed by atoms with Gasteiger partial charge in [0.15, 0.2) is 0 Å². The van der Waals surface area contributed by atoms with E-state index in [-0.39, 0.29) is 24.5 Å². The largest absolute Gasteiger partial charge is 0.465 e. The molecule has 3 rings (SSSR count). The molecule has 0 radical (unpaired) electrons. The molecule has 7 nitrogen and oxygen atoms in total. The Balaban J connectivity index is 1.60. The quantitative estimate of drug-likeness (QED) is 0.0747. The van der Waals surface area contributed by atoms with Gasteiger partial charge in [0.05, 0.1) is 17.8 Å². The van der Waals surface area contributed by atoms with Crippen LogP contribution in [0.25, 0.3) is 0 Å². The molecular weight excluding hydrogens is 598 g/mol. The molecule has 2 N–H and O–H groups in total. The van der Waals surface area contributed by atoms with Gasteiger partial charge >= 0.3 is 5.97 Å². The standard InChI is InChI=1S/C41H63N3O4/c1-6-8-9-10-11-12-13-14-15-16-17-18-19-23-28-34(38(46)42-31-37(45)48-7-2)39(47)43-44-36-30-25-24-29-35(36)41(5,32-40(44,3)4)33-26-21-20-22-27-33/h20-22,24-27,29-30,34H,6-19,23,28,31-32H2,1-5H3,(H,42,46)(H,43,47). The number of para-hydroxylation sites is 1. The number of anilines is 1. The van der Waals surface area contributed by atoms with Gasteiger partial charge in [-0.15, -0.1) is 0 Å². The molecule has 0 saturated carbocycles. The van der Waals surface area contributed by atoms with Crippen molar-refractivity contribution in [3.8, 4) is 0 Å². The molecule has 0 aliphatic carbocycles. The number of fused-ring (bicyclic) bond motifs is 1. The number of amides is 2. The maximum absolute atomic E-state index is 14.0. The van der Waals surface area contributed by atoms with Gasteiger partial charge < -0.3 is 10.1 Å². The molecule has 48 heavy (non-hydrogen) atoms. The fourth-order valence-electron chi connectivity index (χ4n) is 7.38. The van der Waals surface area contributed by atoms with Crippen molar-refractivity contribution < 1.29 is 19.1 Å². The Morgan fingerprint density at radius 1 is 0.729 bits per heavy atom. The molecule has 0 aromatic heterocycles. The van der Waals surface area contributed by atoms with Gasteiger partial charge in [-0.2, -0.15) is 0 Å². The van der Waals surface area contributed by atoms with Crippen LogP contribution in [-0.2, 0) is 24.5 Å². The van der Waals surface area contributed by atoms with Crippen LogP contribution < -0.4 is 15.8 Å². The van der Waals surface area contributed by atoms with Gasteiger partial charge in [0.1, 0.15) is 12.5 Å². The van der Waals surface area contributed by atoms with Crippen molar-refractivity contribution >= 4 is 23.5 Å². The predicted octanol–water partition coefficient (Wildman–Crippen LogP) is 9.18. The first kappa shape index (κ1) is 39.1. The van der Waals surface area contributed by atoms with Crippen LogP contribution in [0.4, 0.5) is 5.69 Å². The number of nitrogens with one attached hydrogen (secondary N) is 2. The van der Waals surface area contributed by atoms with Gasteiger partial charge in [0, 0.05) is 5.41 Å². The van der Waals surface area contributed by atoms with E-state index in [1.54, 1.807) is 6.92 Å². The first-order chi connectivity index (χ1) is 23.1. The van der Waals surface area contributed by atoms with Crippen LogP contribution in [0.15, 0.2) is 54.6 Å². The molecule has 1 aliphatic rings. The van der Waals surface area contributed by atoms with Gasteiger partial charge in [0.25, 0.3) is 5.91 Å². The summed E-state index contributed by atoms with van der Waals surface area (Å²) >= 11 is 0. The number of hydrazine groups is 1. The van der Waals surface area contributed by atoms with Crippen LogP contribution in [0.1, 0.15) is 148 Å². The number of esters is 1. The number of carbonyl (C=O) groups is 3. The summed E-state index contributed by atoms with van der Waals surface area (Å²) in [6.07, 6.45) is 18.6. The Hall–Kier alpha value is -3.35. The van der Waals surface area contributed by atoms with Crippen LogP contribution in [0.5, 0.6) is 0 Å². The van der Waals surface area contributed by atoms with E-state index in [0.29, 0.717) is 6.42 Å². The fraction of sp³-hybridized carbons (Fsp3) is 0.634. The molecule has 266 valence electrons. The van der Waals surface area contributed by atoms with Gasteiger partial charge in [-0.25, -0.2) is 0 Å². The minimum absolute atomic E-state index is 0.239. The van der Waals surface area contributed by atoms with E-state index in [0.717, 1.165) is 36.9 Å². The molecule has 2 unspecified atom stereocenters. The zero-order chi connectivity index (χ0) is 34.8. The zero-order valence-electron chi connectivity index (χ0n) is 30.6. The lowest BCUT2D eigenvalue weighted by Gasteiger charge is -2.52. The molecule has 2 aromatic carbocycles. The highest BCUT2D eigenvalue weighted by Crippen LogP contribution is 2.49. The van der Waals surface area contributed by atoms with E-state index in [1.807, 2.05) is 29.3 Å². The summed E-state index contributed by atoms with van der Waals surface area (Å²) in [4.78, 5) is 39.4. The highest BCUT2D eigenvalue weighted by Gasteiger charge is 2.46. The van der Waals surface area contributed by atoms with Crippen LogP contribution in [0.2, 0.25) is 0 Å². The number of hydrogen-bond acceptors (Lipinski definition) is 5. The number of rotatable bonds is 22. The smallest absolute Gasteiger partial charge is 0.325 e. The Bertz CT molecular complexity index is 1260. The number of ether oxygens (including phenoxy) is 1. The highest BCUT2D eigenvalue weighted by atomic mass is 16.5. The molecule has 1 aliphatic heterocycles. The second-order valence-corrected chi connectivity index (χ2v) is 14.5. The summed E-state index contributed by atoms with van der Waals surface area (Å²) in [5.41, 5.74) is 5.74. The van der Waals surface area contributed by atoms with Gasteiger partial charge in [0.2, 0.25) is 5.91 Å². The number of carbonyl (C=O) groups excluding carboxylic acids is 3. The Labute approximate surface area is 290 Å². The third kappa shape index (κ3) is 11.7. The van der Waals surface area contributed by atoms with Crippen LogP contribution in [-0.4, -0.2) is 36.5 Å². The number of benzene rings is 2. The lowest BCUT2D eigenvalue weighted by molar-refractivity contribution is -0.145. The Kier molecular flexibility index (Phi) is 16.5. The molecule has 1 heterocycles. The first-order valence-electron chi connectivity index (χ1n) is 18.8. The van der Waals surface area contributed by atoms with Gasteiger partial charge in [-0.3, -0.25) is 24.8 Å². The van der Waals surface area contributed by atoms with Crippen molar-refractivity contribution in [3.05, 3.63) is 65.7 Å². The lowest BCUT2D eigenvalue weighted by Crippen LogP contribution is -2.62. The zero-order valence-corrected chi connectivity index (χ0v) is 30.6. The number of hydrogen-bond donors (Lipinski definition) is 2. The molecule has 2 atom stereocenters. The lowest BCUT2D eigenvalue weighted by atomic mass is 9.66. The van der Waals surface area contributed by atoms with E-state index in [9.17, 15) is 14.4 Å². The van der Waals surface area contributed by atoms with Crippen molar-refractivity contribution in [2.24, 2.45) is 5.92 Å². The van der Waals surface area contributed by atoms with Gasteiger partial charge in [-0.1, -0.05) is 152 Å². The normalized spacial score (nSPS) is 17.3. The van der Waals surface area contributed by atoms with Crippen molar-refractivity contribution in [1.29, 1.82) is 0 Å². The second-order valence-electron chi connectivity index (χ2n) is 14.5. The number of nitrogens with zero attached hydrogens (tertiary/aromatic N) is 1. The molecule has 0 fully saturated rings. The van der Waals surface area contributed by atoms with Gasteiger partial charge in [-0.05, 0) is 50.8 Å². The fourth-order valence-corrected chi connectivity index (χ4v) is 7.38. The molecule has 0 saturated heterocycles. The highest BCUT2D eigenvalue weighted by molar-refractivity contribution is 6.01. The predicted molar refractivity (Wildman–Crippen MR) is 197 cm³/mol. The Morgan fingerprint density at radius 2 is 1.27 bits per heavy atom. The minimum atomic E-state index is -0.915. The van der Waals surface area contributed by atoms with Crippen molar-refractivity contribution in [1.82, 2.24) is 10.7 Å². The summed E-state index contributed by atoms with van der Waals surface area (Å²) in [5.74, 6) is -2.21. The molecule has 0 spiro atoms. The molecule has 2 aromatic rings. The minimum Gasteiger partial charge on any atom is -0.465 e. The van der Waals surface area contributed by atoms with Crippen LogP contribution >= 0.6 is 0 Å². The van der Waals surface area contributed by atoms with Crippen molar-refractivity contribution in [3.63, 3.8) is 0 Å². The van der Waals surface area contributed by atoms with Crippen LogP contribution in [0.3, 0.4) is 0 Å². The third-order valence-electron chi connectivity index (χ3n) is 9.96. The maximum Gasteiger partial charge on any atom is 0.325 e. The molecule has 2 amide bonds. The van der Waals surface area contributed by atoms with E-state index >= 15 is 0 Å². The monoisotopic (exact) mass is 661 g/mol. The van der Waals surface area contributed by atoms with Crippen molar-refractivity contribution in [2.75, 3.05) is 18.2 Å². The maximum atomic E-state index is 14.0. The van der Waals surface area contributed by atoms with E-state index in [2.05, 4.69) is 68.8 Å². The summed E-state index contributed by atoms with van der Waals surface area (Å²) in [6.45, 7) is 10.5. The second kappa shape index (κ2) is 20.2. The van der Waals surface area contributed by atoms with E-state index in [4.69, 9.17) is 4.74 Å². The van der Waals surface area contributed by atoms with Crippen molar-refractivity contribution in [2.45, 2.75) is 148 Å². The SMILES string of the molecule is CCCCCCCCCCCCCCCCC(C(=O)NCC(=O)OCC)C(=O)NN1c2ccccc2C(C)(c2ccccc2)CC1(C)C. The third-order valence-corrected chi connectivity index (χ3v) is 9.96. The summed E-state index contributed by atoms with van der Waals surface area (Å²) < 4.78 is 5.00. The summed E-state index contributed by atoms with van der Waals surface area (Å²) in [6, 6.07) is 18.7. The van der Waals surface area contributed by atoms with E-state index < -0.39 is 23.3 Å². The number of unbranched alkanes of at least 4 members (excludes halogenated alkanes) is 13. The Morgan fingerprint density at radius 3 is 1.85 bits per heavy atom. The average molecular weight is 662 g/mol. The molecular formula is C41H63N3O4.